The van der Waals surface area contributed by atoms with Crippen molar-refractivity contribution in [3.05, 3.63) is 22.5 Å². The van der Waals surface area contributed by atoms with E-state index in [1.807, 2.05) is 11.8 Å². The number of aromatic nitrogens is 1. The second kappa shape index (κ2) is 10.1. The average Bonchev–Trinajstić information content (AvgIpc) is 2.92. The van der Waals surface area contributed by atoms with Crippen LogP contribution in [0.15, 0.2) is 0 Å². The smallest absolute Gasteiger partial charge is 0.339 e. The number of hydrogen-bond acceptors (Lipinski definition) is 5. The molecule has 0 spiro atoms. The Hall–Kier alpha value is -2.35. The van der Waals surface area contributed by atoms with Gasteiger partial charge in [-0.3, -0.25) is 14.5 Å². The van der Waals surface area contributed by atoms with E-state index in [1.165, 1.54) is 20.0 Å². The van der Waals surface area contributed by atoms with Crippen LogP contribution in [0.2, 0.25) is 0 Å². The van der Waals surface area contributed by atoms with Crippen LogP contribution < -0.4 is 0 Å². The zero-order chi connectivity index (χ0) is 21.7. The summed E-state index contributed by atoms with van der Waals surface area (Å²) in [6.45, 7) is 8.37. The maximum atomic E-state index is 13.1. The highest BCUT2D eigenvalue weighted by molar-refractivity contribution is 6.00. The van der Waals surface area contributed by atoms with Gasteiger partial charge in [-0.25, -0.2) is 4.79 Å². The molecule has 2 fully saturated rings. The summed E-state index contributed by atoms with van der Waals surface area (Å²) < 4.78 is 4.88. The van der Waals surface area contributed by atoms with Crippen LogP contribution in [0, 0.1) is 6.92 Å². The Morgan fingerprint density at radius 2 is 1.57 bits per heavy atom. The molecule has 30 heavy (non-hydrogen) atoms. The number of piperazine rings is 1. The molecule has 1 aromatic rings. The summed E-state index contributed by atoms with van der Waals surface area (Å²) in [6.07, 6.45) is 5.22. The molecular formula is C22H34N4O4. The number of rotatable bonds is 5. The fourth-order valence-corrected chi connectivity index (χ4v) is 4.39. The van der Waals surface area contributed by atoms with Crippen molar-refractivity contribution >= 4 is 17.8 Å². The monoisotopic (exact) mass is 418 g/mol. The van der Waals surface area contributed by atoms with Gasteiger partial charge in [0.1, 0.15) is 5.69 Å². The van der Waals surface area contributed by atoms with Gasteiger partial charge in [0, 0.05) is 45.0 Å². The zero-order valence-electron chi connectivity index (χ0n) is 18.5. The first-order valence-corrected chi connectivity index (χ1v) is 11.0. The molecule has 2 aliphatic rings. The Morgan fingerprint density at radius 3 is 2.13 bits per heavy atom. The molecule has 8 heteroatoms. The first-order valence-electron chi connectivity index (χ1n) is 11.0. The molecule has 0 radical (unpaired) electrons. The topological polar surface area (TPSA) is 86.0 Å². The maximum absolute atomic E-state index is 13.1. The van der Waals surface area contributed by atoms with Crippen molar-refractivity contribution in [2.24, 2.45) is 0 Å². The number of hydrogen-bond donors (Lipinski definition) is 1. The molecule has 2 aliphatic heterocycles. The first kappa shape index (κ1) is 22.3. The zero-order valence-corrected chi connectivity index (χ0v) is 18.5. The number of esters is 1. The predicted octanol–water partition coefficient (Wildman–Crippen LogP) is 1.83. The lowest BCUT2D eigenvalue weighted by atomic mass is 10.1. The molecule has 0 bridgehead atoms. The third-order valence-corrected chi connectivity index (χ3v) is 6.26. The van der Waals surface area contributed by atoms with Gasteiger partial charge in [-0.05, 0) is 31.7 Å². The van der Waals surface area contributed by atoms with Gasteiger partial charge >= 0.3 is 5.97 Å². The van der Waals surface area contributed by atoms with Crippen LogP contribution in [0.3, 0.4) is 0 Å². The summed E-state index contributed by atoms with van der Waals surface area (Å²) >= 11 is 0. The summed E-state index contributed by atoms with van der Waals surface area (Å²) in [5.74, 6) is -0.320. The van der Waals surface area contributed by atoms with Gasteiger partial charge in [0.25, 0.3) is 5.91 Å². The summed E-state index contributed by atoms with van der Waals surface area (Å²) in [5, 5.41) is 0. The number of methoxy groups -OCH3 is 1. The van der Waals surface area contributed by atoms with E-state index in [2.05, 4.69) is 9.88 Å². The number of H-pyrrole nitrogens is 1. The van der Waals surface area contributed by atoms with Gasteiger partial charge in [-0.2, -0.15) is 0 Å². The molecule has 0 atom stereocenters. The van der Waals surface area contributed by atoms with E-state index >= 15 is 0 Å². The number of aryl methyl sites for hydroxylation is 1. The third-order valence-electron chi connectivity index (χ3n) is 6.26. The Labute approximate surface area is 178 Å². The molecule has 0 aliphatic carbocycles. The van der Waals surface area contributed by atoms with Crippen molar-refractivity contribution in [2.75, 3.05) is 52.9 Å². The Balaban J connectivity index is 1.58. The van der Waals surface area contributed by atoms with E-state index in [0.29, 0.717) is 56.0 Å². The van der Waals surface area contributed by atoms with Gasteiger partial charge in [-0.1, -0.05) is 19.8 Å². The van der Waals surface area contributed by atoms with Crippen LogP contribution in [0.25, 0.3) is 0 Å². The fraction of sp³-hybridized carbons (Fsp3) is 0.682. The highest BCUT2D eigenvalue weighted by atomic mass is 16.5. The van der Waals surface area contributed by atoms with Crippen molar-refractivity contribution in [2.45, 2.75) is 46.0 Å². The second-order valence-electron chi connectivity index (χ2n) is 8.19. The number of aromatic amines is 1. The molecular weight excluding hydrogens is 384 g/mol. The SMILES string of the molecule is CCc1[nH]c(C(=O)N2CCN(CC(=O)N3CCCCCC3)CC2)c(C)c1C(=O)OC. The highest BCUT2D eigenvalue weighted by Gasteiger charge is 2.29. The largest absolute Gasteiger partial charge is 0.465 e. The number of carbonyl (C=O) groups is 3. The molecule has 1 aromatic heterocycles. The van der Waals surface area contributed by atoms with E-state index in [9.17, 15) is 14.4 Å². The summed E-state index contributed by atoms with van der Waals surface area (Å²) in [7, 11) is 1.35. The lowest BCUT2D eigenvalue weighted by Gasteiger charge is -2.35. The van der Waals surface area contributed by atoms with E-state index in [1.54, 1.807) is 11.8 Å². The number of nitrogens with one attached hydrogen (secondary N) is 1. The lowest BCUT2D eigenvalue weighted by molar-refractivity contribution is -0.132. The number of nitrogens with zero attached hydrogens (tertiary/aromatic N) is 3. The van der Waals surface area contributed by atoms with Crippen LogP contribution in [-0.4, -0.2) is 90.4 Å². The molecule has 8 nitrogen and oxygen atoms in total. The minimum atomic E-state index is -0.420. The summed E-state index contributed by atoms with van der Waals surface area (Å²) in [4.78, 5) is 46.9. The van der Waals surface area contributed by atoms with Crippen LogP contribution in [0.1, 0.15) is 64.7 Å². The maximum Gasteiger partial charge on any atom is 0.339 e. The van der Waals surface area contributed by atoms with Crippen molar-refractivity contribution < 1.29 is 19.1 Å². The van der Waals surface area contributed by atoms with Crippen molar-refractivity contribution in [3.8, 4) is 0 Å². The molecule has 2 saturated heterocycles. The molecule has 0 aromatic carbocycles. The Bertz CT molecular complexity index is 772. The van der Waals surface area contributed by atoms with E-state index in [0.717, 1.165) is 31.6 Å². The van der Waals surface area contributed by atoms with Gasteiger partial charge in [0.15, 0.2) is 0 Å². The van der Waals surface area contributed by atoms with Crippen LogP contribution in [0.4, 0.5) is 0 Å². The second-order valence-corrected chi connectivity index (χ2v) is 8.19. The van der Waals surface area contributed by atoms with Gasteiger partial charge < -0.3 is 19.5 Å². The fourth-order valence-electron chi connectivity index (χ4n) is 4.39. The predicted molar refractivity (Wildman–Crippen MR) is 114 cm³/mol. The van der Waals surface area contributed by atoms with E-state index < -0.39 is 5.97 Å². The lowest BCUT2D eigenvalue weighted by Crippen LogP contribution is -2.51. The van der Waals surface area contributed by atoms with Crippen LogP contribution >= 0.6 is 0 Å². The average molecular weight is 419 g/mol. The minimum absolute atomic E-state index is 0.101. The van der Waals surface area contributed by atoms with Crippen molar-refractivity contribution in [3.63, 3.8) is 0 Å². The molecule has 1 N–H and O–H groups in total. The molecule has 166 valence electrons. The standard InChI is InChI=1S/C22H34N4O4/c1-4-17-19(22(29)30-3)16(2)20(23-17)21(28)26-13-11-24(12-14-26)15-18(27)25-9-7-5-6-8-10-25/h23H,4-15H2,1-3H3. The van der Waals surface area contributed by atoms with Crippen LogP contribution in [-0.2, 0) is 16.0 Å². The molecule has 3 heterocycles. The number of ether oxygens (including phenoxy) is 1. The molecule has 2 amide bonds. The highest BCUT2D eigenvalue weighted by Crippen LogP contribution is 2.22. The molecule has 3 rings (SSSR count). The summed E-state index contributed by atoms with van der Waals surface area (Å²) in [6, 6.07) is 0. The first-order chi connectivity index (χ1) is 14.5. The number of likely N-dealkylation sites (tertiary alicyclic amines) is 1. The van der Waals surface area contributed by atoms with Gasteiger partial charge in [-0.15, -0.1) is 0 Å². The third kappa shape index (κ3) is 4.86. The molecule has 0 unspecified atom stereocenters. The quantitative estimate of drug-likeness (QED) is 0.738. The Kier molecular flexibility index (Phi) is 7.53. The minimum Gasteiger partial charge on any atom is -0.465 e. The molecule has 0 saturated carbocycles. The normalized spacial score (nSPS) is 18.2. The van der Waals surface area contributed by atoms with Crippen LogP contribution in [0.5, 0.6) is 0 Å². The summed E-state index contributed by atoms with van der Waals surface area (Å²) in [5.41, 5.74) is 2.29. The van der Waals surface area contributed by atoms with Crippen molar-refractivity contribution in [1.29, 1.82) is 0 Å². The van der Waals surface area contributed by atoms with Gasteiger partial charge in [0.05, 0.1) is 19.2 Å². The van der Waals surface area contributed by atoms with Crippen molar-refractivity contribution in [1.82, 2.24) is 19.7 Å². The number of carbonyl (C=O) groups excluding carboxylic acids is 3. The van der Waals surface area contributed by atoms with E-state index in [4.69, 9.17) is 4.74 Å². The Morgan fingerprint density at radius 1 is 0.933 bits per heavy atom. The van der Waals surface area contributed by atoms with Gasteiger partial charge in [0.2, 0.25) is 5.91 Å². The number of amides is 2. The van der Waals surface area contributed by atoms with E-state index in [-0.39, 0.29) is 11.8 Å².